The molecule has 53 heavy (non-hydrogen) atoms. The van der Waals surface area contributed by atoms with Crippen LogP contribution < -0.4 is 5.73 Å². The number of hydrogen-bond donors (Lipinski definition) is 3. The number of nitrogens with two attached hydrogens (primary N) is 1. The third-order valence-corrected chi connectivity index (χ3v) is 9.58. The van der Waals surface area contributed by atoms with Crippen LogP contribution in [0.5, 0.6) is 0 Å². The smallest absolute Gasteiger partial charge is 0.472 e. The van der Waals surface area contributed by atoms with Crippen LogP contribution in [0.4, 0.5) is 0 Å². The van der Waals surface area contributed by atoms with Crippen molar-refractivity contribution in [1.29, 1.82) is 0 Å². The lowest BCUT2D eigenvalue weighted by molar-refractivity contribution is -0.147. The number of hydrogen-bond acceptors (Lipinski definition) is 8. The maximum absolute atomic E-state index is 12.4. The van der Waals surface area contributed by atoms with Gasteiger partial charge in [0.15, 0.2) is 6.10 Å². The molecule has 0 fully saturated rings. The lowest BCUT2D eigenvalue weighted by atomic mass is 10.1. The van der Waals surface area contributed by atoms with Crippen LogP contribution in [0.15, 0.2) is 60.9 Å². The summed E-state index contributed by atoms with van der Waals surface area (Å²) in [5.74, 6) is -0.449. The Morgan fingerprint density at radius 3 is 1.81 bits per heavy atom. The fourth-order valence-electron chi connectivity index (χ4n) is 5.39. The summed E-state index contributed by atoms with van der Waals surface area (Å²) in [7, 11) is -4.31. The standard InChI is InChI=1S/C43H78NO8P/c1-3-5-7-9-11-13-15-17-18-19-21-23-25-27-29-31-37-49-42(40-52-53(47,48)51-38-36-44)39-50-43(46)35-32-34-41(45)33-30-28-26-24-22-20-16-14-12-10-8-6-4-2/h17-18,20,22,26,28,30-31,33,37,41-42,45H,3-16,19,21,23-25,27,29,32,34-36,38-40,44H2,1-2H3,(H,47,48)/b18-17-,22-20+,28-26+,33-30+,37-31+/t41?,42-/m1/s1. The lowest BCUT2D eigenvalue weighted by Gasteiger charge is -2.19. The van der Waals surface area contributed by atoms with Gasteiger partial charge in [0, 0.05) is 13.0 Å². The number of aliphatic hydroxyl groups is 1. The van der Waals surface area contributed by atoms with Gasteiger partial charge in [-0.3, -0.25) is 13.8 Å². The summed E-state index contributed by atoms with van der Waals surface area (Å²) in [4.78, 5) is 22.3. The van der Waals surface area contributed by atoms with E-state index in [2.05, 4.69) is 38.2 Å². The van der Waals surface area contributed by atoms with Crippen molar-refractivity contribution in [3.05, 3.63) is 60.9 Å². The summed E-state index contributed by atoms with van der Waals surface area (Å²) < 4.78 is 33.0. The molecule has 308 valence electrons. The van der Waals surface area contributed by atoms with E-state index in [9.17, 15) is 19.4 Å². The normalized spacial score (nSPS) is 14.7. The van der Waals surface area contributed by atoms with Crippen LogP contribution in [0, 0.1) is 0 Å². The fourth-order valence-corrected chi connectivity index (χ4v) is 6.16. The maximum atomic E-state index is 12.4. The van der Waals surface area contributed by atoms with E-state index in [-0.39, 0.29) is 32.8 Å². The van der Waals surface area contributed by atoms with E-state index in [1.807, 2.05) is 24.3 Å². The molecule has 0 aliphatic carbocycles. The second-order valence-corrected chi connectivity index (χ2v) is 15.2. The molecule has 0 radical (unpaired) electrons. The second kappa shape index (κ2) is 39.7. The second-order valence-electron chi connectivity index (χ2n) is 13.8. The van der Waals surface area contributed by atoms with E-state index in [1.54, 1.807) is 6.08 Å². The highest BCUT2D eigenvalue weighted by Gasteiger charge is 2.24. The van der Waals surface area contributed by atoms with Crippen molar-refractivity contribution in [2.45, 2.75) is 180 Å². The van der Waals surface area contributed by atoms with Crippen molar-refractivity contribution in [2.75, 3.05) is 26.4 Å². The molecule has 0 aromatic carbocycles. The third-order valence-electron chi connectivity index (χ3n) is 8.60. The van der Waals surface area contributed by atoms with Gasteiger partial charge in [0.05, 0.1) is 25.6 Å². The molecule has 0 aliphatic heterocycles. The molecule has 0 saturated heterocycles. The van der Waals surface area contributed by atoms with Crippen LogP contribution in [0.1, 0.15) is 168 Å². The number of aliphatic hydroxyl groups excluding tert-OH is 1. The molecule has 0 amide bonds. The molecule has 4 N–H and O–H groups in total. The van der Waals surface area contributed by atoms with Gasteiger partial charge < -0.3 is 25.2 Å². The van der Waals surface area contributed by atoms with Crippen molar-refractivity contribution < 1.29 is 37.9 Å². The van der Waals surface area contributed by atoms with Gasteiger partial charge >= 0.3 is 13.8 Å². The van der Waals surface area contributed by atoms with Crippen LogP contribution >= 0.6 is 7.82 Å². The van der Waals surface area contributed by atoms with E-state index in [0.29, 0.717) is 12.8 Å². The minimum Gasteiger partial charge on any atom is -0.492 e. The summed E-state index contributed by atoms with van der Waals surface area (Å²) in [5, 5.41) is 10.2. The van der Waals surface area contributed by atoms with E-state index in [1.165, 1.54) is 103 Å². The zero-order valence-electron chi connectivity index (χ0n) is 33.6. The van der Waals surface area contributed by atoms with Crippen LogP contribution in [0.2, 0.25) is 0 Å². The maximum Gasteiger partial charge on any atom is 0.472 e. The first kappa shape index (κ1) is 51.0. The van der Waals surface area contributed by atoms with E-state index >= 15 is 0 Å². The largest absolute Gasteiger partial charge is 0.492 e. The predicted molar refractivity (Wildman–Crippen MR) is 220 cm³/mol. The quantitative estimate of drug-likeness (QED) is 0.0139. The zero-order valence-corrected chi connectivity index (χ0v) is 34.5. The van der Waals surface area contributed by atoms with Gasteiger partial charge in [0.1, 0.15) is 6.61 Å². The molecule has 0 aromatic heterocycles. The molecule has 0 aromatic rings. The molecule has 0 aliphatic rings. The van der Waals surface area contributed by atoms with E-state index in [4.69, 9.17) is 24.3 Å². The number of phosphoric ester groups is 1. The molecule has 0 rings (SSSR count). The molecule has 2 unspecified atom stereocenters. The zero-order chi connectivity index (χ0) is 38.9. The number of ether oxygens (including phenoxy) is 2. The fraction of sp³-hybridized carbons (Fsp3) is 0.744. The van der Waals surface area contributed by atoms with Gasteiger partial charge in [-0.1, -0.05) is 140 Å². The highest BCUT2D eigenvalue weighted by molar-refractivity contribution is 7.47. The van der Waals surface area contributed by atoms with Gasteiger partial charge in [-0.2, -0.15) is 0 Å². The molecular weight excluding hydrogens is 689 g/mol. The first-order valence-corrected chi connectivity index (χ1v) is 22.4. The minimum absolute atomic E-state index is 0.0718. The summed E-state index contributed by atoms with van der Waals surface area (Å²) in [6.45, 7) is 3.96. The minimum atomic E-state index is -4.31. The topological polar surface area (TPSA) is 138 Å². The van der Waals surface area contributed by atoms with Gasteiger partial charge in [0.25, 0.3) is 0 Å². The Balaban J connectivity index is 4.32. The van der Waals surface area contributed by atoms with Gasteiger partial charge in [-0.25, -0.2) is 4.57 Å². The number of rotatable bonds is 39. The Hall–Kier alpha value is -2.00. The average molecular weight is 768 g/mol. The van der Waals surface area contributed by atoms with Crippen molar-refractivity contribution >= 4 is 13.8 Å². The summed E-state index contributed by atoms with van der Waals surface area (Å²) in [6, 6.07) is 0. The van der Waals surface area contributed by atoms with Crippen LogP contribution in [0.3, 0.4) is 0 Å². The van der Waals surface area contributed by atoms with E-state index < -0.39 is 26.0 Å². The van der Waals surface area contributed by atoms with Crippen LogP contribution in [-0.4, -0.2) is 54.5 Å². The number of unbranched alkanes of at least 4 members (excludes halogenated alkanes) is 17. The van der Waals surface area contributed by atoms with Crippen LogP contribution in [0.25, 0.3) is 0 Å². The molecule has 0 saturated carbocycles. The molecule has 9 nitrogen and oxygen atoms in total. The Bertz CT molecular complexity index is 1010. The first-order valence-electron chi connectivity index (χ1n) is 20.9. The van der Waals surface area contributed by atoms with Gasteiger partial charge in [-0.05, 0) is 76.7 Å². The molecule has 0 bridgehead atoms. The van der Waals surface area contributed by atoms with Gasteiger partial charge in [-0.15, -0.1) is 0 Å². The van der Waals surface area contributed by atoms with Crippen molar-refractivity contribution in [2.24, 2.45) is 5.73 Å². The molecular formula is C43H78NO8P. The SMILES string of the molecule is CCCCCCCC/C=C\CCCCCC/C=C/O[C@H](COC(=O)CCCC(O)/C=C/C=C/C/C=C/CCCCCCCC)COP(=O)(O)OCCN. The highest BCUT2D eigenvalue weighted by atomic mass is 31.2. The molecule has 0 heterocycles. The summed E-state index contributed by atoms with van der Waals surface area (Å²) in [5.41, 5.74) is 5.35. The monoisotopic (exact) mass is 768 g/mol. The van der Waals surface area contributed by atoms with Crippen LogP contribution in [-0.2, 0) is 27.9 Å². The number of allylic oxidation sites excluding steroid dienone is 8. The third kappa shape index (κ3) is 39.5. The van der Waals surface area contributed by atoms with Crippen molar-refractivity contribution in [1.82, 2.24) is 0 Å². The van der Waals surface area contributed by atoms with Crippen molar-refractivity contribution in [3.8, 4) is 0 Å². The average Bonchev–Trinajstić information content (AvgIpc) is 3.14. The highest BCUT2D eigenvalue weighted by Crippen LogP contribution is 2.43. The summed E-state index contributed by atoms with van der Waals surface area (Å²) >= 11 is 0. The Morgan fingerprint density at radius 1 is 0.679 bits per heavy atom. The lowest BCUT2D eigenvalue weighted by Crippen LogP contribution is -2.25. The Labute approximate surface area is 324 Å². The number of phosphoric acid groups is 1. The predicted octanol–water partition coefficient (Wildman–Crippen LogP) is 11.5. The molecule has 3 atom stereocenters. The Morgan fingerprint density at radius 2 is 1.23 bits per heavy atom. The summed E-state index contributed by atoms with van der Waals surface area (Å²) in [6.07, 6.45) is 45.1. The molecule has 0 spiro atoms. The number of carbonyl (C=O) groups is 1. The van der Waals surface area contributed by atoms with Crippen molar-refractivity contribution in [3.63, 3.8) is 0 Å². The van der Waals surface area contributed by atoms with Gasteiger partial charge in [0.2, 0.25) is 0 Å². The number of esters is 1. The number of carbonyl (C=O) groups excluding carboxylic acids is 1. The molecule has 10 heteroatoms. The first-order chi connectivity index (χ1) is 25.8. The Kier molecular flexibility index (Phi) is 38.2. The van der Waals surface area contributed by atoms with E-state index in [0.717, 1.165) is 38.5 Å².